The van der Waals surface area contributed by atoms with Gasteiger partial charge < -0.3 is 29.2 Å². The Morgan fingerprint density at radius 3 is 1.43 bits per heavy atom. The molecule has 6 aromatic rings. The number of ether oxygens (including phenoxy) is 4. The Labute approximate surface area is 397 Å². The van der Waals surface area contributed by atoms with Gasteiger partial charge in [0.1, 0.15) is 28.7 Å². The number of methoxy groups -OCH3 is 3. The monoisotopic (exact) mass is 916 g/mol. The number of carboxylic acids is 1. The van der Waals surface area contributed by atoms with Crippen molar-refractivity contribution in [2.75, 3.05) is 31.1 Å². The third kappa shape index (κ3) is 10.1. The summed E-state index contributed by atoms with van der Waals surface area (Å²) in [7, 11) is 4.81. The van der Waals surface area contributed by atoms with Gasteiger partial charge in [-0.3, -0.25) is 19.4 Å². The highest BCUT2D eigenvalue weighted by atomic mass is 16.5. The van der Waals surface area contributed by atoms with E-state index in [4.69, 9.17) is 24.1 Å². The summed E-state index contributed by atoms with van der Waals surface area (Å²) in [6, 6.07) is 31.6. The van der Waals surface area contributed by atoms with Crippen LogP contribution in [0.25, 0.3) is 0 Å². The molecule has 0 aliphatic carbocycles. The third-order valence-corrected chi connectivity index (χ3v) is 12.3. The second-order valence-electron chi connectivity index (χ2n) is 16.7. The lowest BCUT2D eigenvalue weighted by atomic mass is 9.87. The molecule has 8 rings (SSSR count). The van der Waals surface area contributed by atoms with Gasteiger partial charge in [-0.15, -0.1) is 0 Å². The van der Waals surface area contributed by atoms with Crippen molar-refractivity contribution in [2.45, 2.75) is 60.5 Å². The van der Waals surface area contributed by atoms with Gasteiger partial charge in [-0.05, 0) is 154 Å². The number of carbonyl (C=O) groups is 4. The number of esters is 1. The molecule has 12 heteroatoms. The van der Waals surface area contributed by atoms with Gasteiger partial charge in [0.15, 0.2) is 0 Å². The third-order valence-electron chi connectivity index (χ3n) is 12.3. The highest BCUT2D eigenvalue weighted by Crippen LogP contribution is 2.46. The summed E-state index contributed by atoms with van der Waals surface area (Å²) in [5, 5.41) is 18.5. The molecule has 0 unspecified atom stereocenters. The molecule has 2 amide bonds. The number of amides is 2. The molecule has 2 heterocycles. The molecule has 0 aromatic heterocycles. The fourth-order valence-corrected chi connectivity index (χ4v) is 7.79. The van der Waals surface area contributed by atoms with Gasteiger partial charge in [0.05, 0.1) is 44.5 Å². The number of aryl methyl sites for hydroxylation is 5. The lowest BCUT2D eigenvalue weighted by Crippen LogP contribution is -2.48. The molecule has 2 fully saturated rings. The Bertz CT molecular complexity index is 2950. The van der Waals surface area contributed by atoms with Crippen LogP contribution in [0.4, 0.5) is 11.4 Å². The Hall–Kier alpha value is -8.12. The Morgan fingerprint density at radius 1 is 0.529 bits per heavy atom. The predicted octanol–water partition coefficient (Wildman–Crippen LogP) is 11.2. The standard InChI is InChI=1S/C28H27NO5.C20H21NO3.C8H8O2/c1-16-7-8-21(14-24(16)34-28(31)20-9-11-23(32-5)12-10-20)26-19(4)27(30)29(26)22-13-17(2)18(3)25(15-22)33-6;1-11-6-7-15(9-17(11)22)19-14(4)20(23)21(19)16-8-12(2)13(3)18(10-16)24-5;1-6-2-4-7(5-3-6)8(9)10/h7-15,26H,4H2,1-3,5-6H3;6-10,19,22H,4H2,1-3,5H3;2-5H,1H3,(H,9,10)/t26-;19-;/m11./s1. The number of rotatable bonds is 10. The number of aromatic hydroxyl groups is 1. The van der Waals surface area contributed by atoms with Crippen molar-refractivity contribution >= 4 is 35.1 Å². The summed E-state index contributed by atoms with van der Waals surface area (Å²) in [5.41, 5.74) is 11.8. The van der Waals surface area contributed by atoms with E-state index in [2.05, 4.69) is 13.2 Å². The van der Waals surface area contributed by atoms with Gasteiger partial charge in [0, 0.05) is 34.7 Å². The summed E-state index contributed by atoms with van der Waals surface area (Å²) in [5.74, 6) is 1.18. The molecular weight excluding hydrogens is 861 g/mol. The van der Waals surface area contributed by atoms with Crippen LogP contribution in [0.5, 0.6) is 28.7 Å². The van der Waals surface area contributed by atoms with Crippen molar-refractivity contribution in [3.8, 4) is 28.7 Å². The molecule has 0 radical (unpaired) electrons. The van der Waals surface area contributed by atoms with E-state index >= 15 is 0 Å². The predicted molar refractivity (Wildman–Crippen MR) is 264 cm³/mol. The molecule has 350 valence electrons. The molecule has 6 aromatic carbocycles. The van der Waals surface area contributed by atoms with Crippen LogP contribution in [0.2, 0.25) is 0 Å². The first-order chi connectivity index (χ1) is 32.3. The zero-order valence-corrected chi connectivity index (χ0v) is 40.0. The first kappa shape index (κ1) is 49.3. The molecule has 0 spiro atoms. The largest absolute Gasteiger partial charge is 0.508 e. The molecule has 2 atom stereocenters. The van der Waals surface area contributed by atoms with E-state index in [1.165, 1.54) is 0 Å². The highest BCUT2D eigenvalue weighted by molar-refractivity contribution is 6.16. The van der Waals surface area contributed by atoms with Gasteiger partial charge in [0.2, 0.25) is 0 Å². The summed E-state index contributed by atoms with van der Waals surface area (Å²) >= 11 is 0. The normalized spacial score (nSPS) is 14.9. The van der Waals surface area contributed by atoms with Crippen LogP contribution in [0.1, 0.15) is 82.9 Å². The van der Waals surface area contributed by atoms with Gasteiger partial charge in [0.25, 0.3) is 11.8 Å². The minimum atomic E-state index is -0.875. The van der Waals surface area contributed by atoms with Crippen LogP contribution in [-0.2, 0) is 9.59 Å². The zero-order chi connectivity index (χ0) is 49.7. The number of phenols is 1. The van der Waals surface area contributed by atoms with Crippen molar-refractivity contribution in [1.29, 1.82) is 0 Å². The molecule has 12 nitrogen and oxygen atoms in total. The molecule has 0 saturated carbocycles. The second-order valence-corrected chi connectivity index (χ2v) is 16.7. The number of nitrogens with zero attached hydrogens (tertiary/aromatic N) is 2. The molecule has 0 bridgehead atoms. The number of carboxylic acid groups (broad SMARTS) is 1. The zero-order valence-electron chi connectivity index (χ0n) is 40.0. The first-order valence-corrected chi connectivity index (χ1v) is 21.7. The van der Waals surface area contributed by atoms with Crippen LogP contribution in [-0.4, -0.2) is 55.3 Å². The van der Waals surface area contributed by atoms with E-state index in [0.29, 0.717) is 33.8 Å². The lowest BCUT2D eigenvalue weighted by molar-refractivity contribution is -0.119. The summed E-state index contributed by atoms with van der Waals surface area (Å²) < 4.78 is 21.8. The van der Waals surface area contributed by atoms with Gasteiger partial charge in [-0.1, -0.05) is 55.1 Å². The SMILES string of the molecule is C=C1C(=O)N(c2cc(C)c(C)c(OC)c2)[C@H]1c1ccc(C)c(O)c1.C=C1C(=O)N(c2cc(C)c(C)c(OC)c2)[C@H]1c1ccc(C)c(OC(=O)c2ccc(OC)cc2)c1.Cc1ccc(C(=O)O)cc1. The smallest absolute Gasteiger partial charge is 0.343 e. The number of β-lactam (4-membered cyclic amide) rings is 2. The topological polar surface area (TPSA) is 152 Å². The van der Waals surface area contributed by atoms with E-state index < -0.39 is 11.9 Å². The minimum absolute atomic E-state index is 0.106. The molecule has 68 heavy (non-hydrogen) atoms. The van der Waals surface area contributed by atoms with Crippen molar-refractivity contribution in [2.24, 2.45) is 0 Å². The van der Waals surface area contributed by atoms with Crippen LogP contribution in [0.15, 0.2) is 133 Å². The summed E-state index contributed by atoms with van der Waals surface area (Å²) in [6.07, 6.45) is 0. The second kappa shape index (κ2) is 20.6. The first-order valence-electron chi connectivity index (χ1n) is 21.7. The van der Waals surface area contributed by atoms with E-state index in [9.17, 15) is 24.3 Å². The Morgan fingerprint density at radius 2 is 0.985 bits per heavy atom. The molecule has 2 saturated heterocycles. The number of phenolic OH excluding ortho intramolecular Hbond substituents is 1. The Balaban J connectivity index is 0.000000193. The van der Waals surface area contributed by atoms with Crippen molar-refractivity contribution in [1.82, 2.24) is 0 Å². The van der Waals surface area contributed by atoms with Crippen LogP contribution >= 0.6 is 0 Å². The maximum atomic E-state index is 12.8. The Kier molecular flexibility index (Phi) is 14.9. The maximum absolute atomic E-state index is 12.8. The van der Waals surface area contributed by atoms with E-state index in [1.54, 1.807) is 91.8 Å². The van der Waals surface area contributed by atoms with Gasteiger partial charge in [-0.25, -0.2) is 9.59 Å². The fraction of sp³-hybridized carbons (Fsp3) is 0.214. The molecular formula is C56H56N2O10. The van der Waals surface area contributed by atoms with Crippen LogP contribution in [0, 0.1) is 48.5 Å². The van der Waals surface area contributed by atoms with E-state index in [1.807, 2.05) is 97.0 Å². The molecule has 2 N–H and O–H groups in total. The molecule has 2 aliphatic heterocycles. The summed E-state index contributed by atoms with van der Waals surface area (Å²) in [4.78, 5) is 51.6. The number of hydrogen-bond acceptors (Lipinski definition) is 9. The quantitative estimate of drug-likeness (QED) is 0.0588. The van der Waals surface area contributed by atoms with E-state index in [0.717, 1.165) is 72.9 Å². The average molecular weight is 917 g/mol. The van der Waals surface area contributed by atoms with Crippen molar-refractivity contribution < 1.29 is 48.3 Å². The van der Waals surface area contributed by atoms with Crippen molar-refractivity contribution in [3.63, 3.8) is 0 Å². The van der Waals surface area contributed by atoms with Crippen LogP contribution < -0.4 is 28.7 Å². The number of anilines is 2. The van der Waals surface area contributed by atoms with Gasteiger partial charge >= 0.3 is 11.9 Å². The van der Waals surface area contributed by atoms with Gasteiger partial charge in [-0.2, -0.15) is 0 Å². The number of aromatic carboxylic acids is 1. The minimum Gasteiger partial charge on any atom is -0.508 e. The number of carbonyl (C=O) groups excluding carboxylic acids is 3. The molecule has 2 aliphatic rings. The van der Waals surface area contributed by atoms with Crippen molar-refractivity contribution in [3.05, 3.63) is 195 Å². The highest BCUT2D eigenvalue weighted by Gasteiger charge is 2.44. The number of hydrogen-bond donors (Lipinski definition) is 2. The maximum Gasteiger partial charge on any atom is 0.343 e. The average Bonchev–Trinajstić information content (AvgIpc) is 3.33. The van der Waals surface area contributed by atoms with E-state index in [-0.39, 0.29) is 29.6 Å². The fourth-order valence-electron chi connectivity index (χ4n) is 7.79. The summed E-state index contributed by atoms with van der Waals surface area (Å²) in [6.45, 7) is 21.5. The number of benzene rings is 6. The lowest BCUT2D eigenvalue weighted by Gasteiger charge is -2.43. The van der Waals surface area contributed by atoms with Crippen LogP contribution in [0.3, 0.4) is 0 Å².